The van der Waals surface area contributed by atoms with Crippen LogP contribution in [-0.4, -0.2) is 75.5 Å². The Hall–Kier alpha value is -2.45. The van der Waals surface area contributed by atoms with Crippen molar-refractivity contribution >= 4 is 17.9 Å². The van der Waals surface area contributed by atoms with E-state index >= 15 is 0 Å². The highest BCUT2D eigenvalue weighted by Gasteiger charge is 2.25. The van der Waals surface area contributed by atoms with E-state index in [2.05, 4.69) is 50.3 Å². The van der Waals surface area contributed by atoms with Crippen LogP contribution in [0, 0.1) is 0 Å². The Labute approximate surface area is 332 Å². The van der Waals surface area contributed by atoms with Gasteiger partial charge in [-0.25, -0.2) is 0 Å². The minimum Gasteiger partial charge on any atom is -0.544 e. The SMILES string of the molecule is CC/C=C/C/C=C/C/C=C/CCCCCCCCC(=O)OC(COCCC(C(=O)[O-])[N+](C)(C)C)COC(=O)CCCCCCCCCCCCCCCC. The van der Waals surface area contributed by atoms with Gasteiger partial charge in [0.2, 0.25) is 0 Å². The molecule has 0 fully saturated rings. The molecule has 8 heteroatoms. The van der Waals surface area contributed by atoms with Gasteiger partial charge in [-0.05, 0) is 44.9 Å². The maximum atomic E-state index is 12.7. The summed E-state index contributed by atoms with van der Waals surface area (Å²) in [7, 11) is 5.40. The Morgan fingerprint density at radius 1 is 0.574 bits per heavy atom. The van der Waals surface area contributed by atoms with Crippen LogP contribution in [0.5, 0.6) is 0 Å². The van der Waals surface area contributed by atoms with Crippen LogP contribution in [0.15, 0.2) is 36.5 Å². The van der Waals surface area contributed by atoms with Crippen LogP contribution in [0.3, 0.4) is 0 Å². The molecule has 0 bridgehead atoms. The second-order valence-electron chi connectivity index (χ2n) is 15.9. The summed E-state index contributed by atoms with van der Waals surface area (Å²) in [5.41, 5.74) is 0. The van der Waals surface area contributed by atoms with Crippen molar-refractivity contribution < 1.29 is 38.2 Å². The molecule has 54 heavy (non-hydrogen) atoms. The molecule has 0 aliphatic rings. The number of carboxylic acids is 1. The molecular formula is C46H83NO7. The molecule has 2 atom stereocenters. The Morgan fingerprint density at radius 2 is 1.04 bits per heavy atom. The van der Waals surface area contributed by atoms with Crippen LogP contribution in [-0.2, 0) is 28.6 Å². The molecule has 0 spiro atoms. The lowest BCUT2D eigenvalue weighted by Gasteiger charge is -2.34. The number of hydrogen-bond acceptors (Lipinski definition) is 7. The molecule has 0 aliphatic carbocycles. The van der Waals surface area contributed by atoms with E-state index in [4.69, 9.17) is 14.2 Å². The predicted molar refractivity (Wildman–Crippen MR) is 222 cm³/mol. The van der Waals surface area contributed by atoms with E-state index in [1.165, 1.54) is 83.5 Å². The van der Waals surface area contributed by atoms with Crippen molar-refractivity contribution in [2.24, 2.45) is 0 Å². The van der Waals surface area contributed by atoms with Gasteiger partial charge in [0.05, 0.1) is 40.3 Å². The average Bonchev–Trinajstić information content (AvgIpc) is 3.12. The molecule has 0 N–H and O–H groups in total. The molecule has 314 valence electrons. The van der Waals surface area contributed by atoms with Gasteiger partial charge in [-0.3, -0.25) is 9.59 Å². The van der Waals surface area contributed by atoms with Gasteiger partial charge in [0.15, 0.2) is 6.10 Å². The summed E-state index contributed by atoms with van der Waals surface area (Å²) in [5.74, 6) is -1.75. The molecule has 0 saturated heterocycles. The van der Waals surface area contributed by atoms with E-state index in [1.807, 2.05) is 0 Å². The number of carbonyl (C=O) groups excluding carboxylic acids is 3. The van der Waals surface area contributed by atoms with E-state index < -0.39 is 18.1 Å². The maximum absolute atomic E-state index is 12.7. The minimum absolute atomic E-state index is 0.0375. The number of nitrogens with zero attached hydrogens (tertiary/aromatic N) is 1. The van der Waals surface area contributed by atoms with Crippen LogP contribution in [0.25, 0.3) is 0 Å². The van der Waals surface area contributed by atoms with Crippen molar-refractivity contribution in [3.63, 3.8) is 0 Å². The quantitative estimate of drug-likeness (QED) is 0.0266. The highest BCUT2D eigenvalue weighted by atomic mass is 16.6. The third-order valence-corrected chi connectivity index (χ3v) is 9.79. The number of rotatable bonds is 39. The molecule has 0 radical (unpaired) electrons. The highest BCUT2D eigenvalue weighted by Crippen LogP contribution is 2.15. The zero-order valence-electron chi connectivity index (χ0n) is 35.6. The fourth-order valence-electron chi connectivity index (χ4n) is 6.38. The number of unbranched alkanes of at least 4 members (excludes halogenated alkanes) is 19. The summed E-state index contributed by atoms with van der Waals surface area (Å²) in [5, 5.41) is 11.6. The van der Waals surface area contributed by atoms with Gasteiger partial charge < -0.3 is 28.6 Å². The summed E-state index contributed by atoms with van der Waals surface area (Å²) < 4.78 is 17.2. The molecule has 8 nitrogen and oxygen atoms in total. The number of hydrogen-bond donors (Lipinski definition) is 0. The number of ether oxygens (including phenoxy) is 3. The molecule has 0 rings (SSSR count). The monoisotopic (exact) mass is 762 g/mol. The Morgan fingerprint density at radius 3 is 1.54 bits per heavy atom. The summed E-state index contributed by atoms with van der Waals surface area (Å²) in [6, 6.07) is -0.726. The first-order valence-electron chi connectivity index (χ1n) is 22.0. The van der Waals surface area contributed by atoms with E-state index in [0.717, 1.165) is 70.6 Å². The smallest absolute Gasteiger partial charge is 0.306 e. The number of likely N-dealkylation sites (N-methyl/N-ethyl adjacent to an activating group) is 1. The lowest BCUT2D eigenvalue weighted by molar-refractivity contribution is -0.889. The first-order chi connectivity index (χ1) is 26.1. The van der Waals surface area contributed by atoms with Gasteiger partial charge in [0.25, 0.3) is 0 Å². The highest BCUT2D eigenvalue weighted by molar-refractivity contribution is 5.70. The van der Waals surface area contributed by atoms with Crippen molar-refractivity contribution in [1.82, 2.24) is 0 Å². The molecule has 2 unspecified atom stereocenters. The van der Waals surface area contributed by atoms with Crippen LogP contribution < -0.4 is 5.11 Å². The molecule has 0 aliphatic heterocycles. The first-order valence-corrected chi connectivity index (χ1v) is 22.0. The van der Waals surface area contributed by atoms with Gasteiger partial charge in [0, 0.05) is 19.3 Å². The Balaban J connectivity index is 4.36. The maximum Gasteiger partial charge on any atom is 0.306 e. The van der Waals surface area contributed by atoms with E-state index in [0.29, 0.717) is 12.8 Å². The molecule has 0 saturated carbocycles. The van der Waals surface area contributed by atoms with Gasteiger partial charge in [-0.2, -0.15) is 0 Å². The Kier molecular flexibility index (Phi) is 35.8. The number of aliphatic carboxylic acids is 1. The molecule has 0 amide bonds. The van der Waals surface area contributed by atoms with Gasteiger partial charge in [-0.1, -0.05) is 159 Å². The summed E-state index contributed by atoms with van der Waals surface area (Å²) >= 11 is 0. The van der Waals surface area contributed by atoms with Crippen molar-refractivity contribution in [3.05, 3.63) is 36.5 Å². The van der Waals surface area contributed by atoms with Crippen molar-refractivity contribution in [1.29, 1.82) is 0 Å². The van der Waals surface area contributed by atoms with Crippen molar-refractivity contribution in [3.8, 4) is 0 Å². The topological polar surface area (TPSA) is 102 Å². The number of allylic oxidation sites excluding steroid dienone is 6. The molecule has 0 aromatic carbocycles. The van der Waals surface area contributed by atoms with Crippen LogP contribution in [0.1, 0.15) is 187 Å². The fourth-order valence-corrected chi connectivity index (χ4v) is 6.38. The first kappa shape index (κ1) is 51.5. The van der Waals surface area contributed by atoms with Crippen LogP contribution in [0.4, 0.5) is 0 Å². The molecular weight excluding hydrogens is 679 g/mol. The van der Waals surface area contributed by atoms with E-state index in [9.17, 15) is 19.5 Å². The number of carboxylic acid groups (broad SMARTS) is 1. The van der Waals surface area contributed by atoms with Crippen LogP contribution >= 0.6 is 0 Å². The molecule has 0 aromatic heterocycles. The van der Waals surface area contributed by atoms with Gasteiger partial charge in [0.1, 0.15) is 12.6 Å². The average molecular weight is 762 g/mol. The zero-order valence-corrected chi connectivity index (χ0v) is 35.6. The number of carbonyl (C=O) groups is 3. The predicted octanol–water partition coefficient (Wildman–Crippen LogP) is 10.5. The van der Waals surface area contributed by atoms with Gasteiger partial charge >= 0.3 is 11.9 Å². The van der Waals surface area contributed by atoms with E-state index in [-0.39, 0.29) is 42.7 Å². The third-order valence-electron chi connectivity index (χ3n) is 9.79. The second-order valence-corrected chi connectivity index (χ2v) is 15.9. The summed E-state index contributed by atoms with van der Waals surface area (Å²) in [6.45, 7) is 4.54. The number of quaternary nitrogens is 1. The van der Waals surface area contributed by atoms with E-state index in [1.54, 1.807) is 21.1 Å². The third kappa shape index (κ3) is 35.3. The molecule has 0 aromatic rings. The summed E-state index contributed by atoms with van der Waals surface area (Å²) in [6.07, 6.45) is 41.6. The zero-order chi connectivity index (χ0) is 40.0. The largest absolute Gasteiger partial charge is 0.544 e. The lowest BCUT2D eigenvalue weighted by atomic mass is 10.0. The number of esters is 2. The normalized spacial score (nSPS) is 13.3. The van der Waals surface area contributed by atoms with Crippen molar-refractivity contribution in [2.75, 3.05) is 41.0 Å². The lowest BCUT2D eigenvalue weighted by Crippen LogP contribution is -2.55. The summed E-state index contributed by atoms with van der Waals surface area (Å²) in [4.78, 5) is 36.8. The van der Waals surface area contributed by atoms with Gasteiger partial charge in [-0.15, -0.1) is 0 Å². The minimum atomic E-state index is -1.13. The molecule has 0 heterocycles. The second kappa shape index (κ2) is 37.5. The fraction of sp³-hybridized carbons (Fsp3) is 0.804. The van der Waals surface area contributed by atoms with Crippen molar-refractivity contribution in [2.45, 2.75) is 199 Å². The Bertz CT molecular complexity index is 984. The standard InChI is InChI=1S/C46H83NO7/c1-6-8-10-12-14-16-18-20-22-23-25-27-29-31-33-35-37-45(49)54-42(40-52-39-38-43(46(50)51)47(3,4)5)41-53-44(48)36-34-32-30-28-26-24-21-19-17-15-13-11-9-7-2/h8,10,14,16,20,22,42-43H,6-7,9,11-13,15,17-19,21,23-41H2,1-5H3/b10-8+,16-14+,22-20+. The van der Waals surface area contributed by atoms with Crippen LogP contribution in [0.2, 0.25) is 0 Å².